The number of carbonyl (C=O) groups excluding carboxylic acids is 2. The van der Waals surface area contributed by atoms with Gasteiger partial charge in [0.15, 0.2) is 0 Å². The molecule has 1 saturated heterocycles. The molecule has 0 unspecified atom stereocenters. The molecule has 1 rings (SSSR count). The van der Waals surface area contributed by atoms with Crippen LogP contribution in [-0.2, 0) is 9.59 Å². The molecule has 1 aliphatic rings. The van der Waals surface area contributed by atoms with Crippen molar-refractivity contribution < 1.29 is 9.59 Å². The molecule has 1 aliphatic heterocycles. The van der Waals surface area contributed by atoms with Crippen molar-refractivity contribution in [2.45, 2.75) is 52.5 Å². The molecule has 2 amide bonds. The molecule has 0 saturated carbocycles. The van der Waals surface area contributed by atoms with Gasteiger partial charge in [-0.3, -0.25) is 14.5 Å². The zero-order valence-corrected chi connectivity index (χ0v) is 10.7. The van der Waals surface area contributed by atoms with Gasteiger partial charge in [0, 0.05) is 13.0 Å². The number of carbonyl (C=O) groups is 2. The maximum Gasteiger partial charge on any atom is 0.236 e. The zero-order valence-electron chi connectivity index (χ0n) is 10.7. The summed E-state index contributed by atoms with van der Waals surface area (Å²) in [5.41, 5.74) is 4.58. The molecule has 0 spiro atoms. The molecule has 0 bridgehead atoms. The van der Waals surface area contributed by atoms with Crippen LogP contribution in [0.1, 0.15) is 47.0 Å². The molecule has 0 aromatic carbocycles. The smallest absolute Gasteiger partial charge is 0.236 e. The predicted octanol–water partition coefficient (Wildman–Crippen LogP) is 1.29. The lowest BCUT2D eigenvalue weighted by Gasteiger charge is -2.34. The fraction of sp³-hybridized carbons (Fsp3) is 0.833. The molecule has 16 heavy (non-hydrogen) atoms. The summed E-state index contributed by atoms with van der Waals surface area (Å²) in [6, 6.07) is 0. The van der Waals surface area contributed by atoms with E-state index in [0.717, 1.165) is 0 Å². The van der Waals surface area contributed by atoms with Gasteiger partial charge < -0.3 is 5.73 Å². The van der Waals surface area contributed by atoms with E-state index in [9.17, 15) is 9.59 Å². The third-order valence-electron chi connectivity index (χ3n) is 3.85. The third kappa shape index (κ3) is 1.75. The second kappa shape index (κ2) is 4.17. The second-order valence-corrected chi connectivity index (χ2v) is 5.22. The first-order valence-corrected chi connectivity index (χ1v) is 5.92. The molecule has 4 nitrogen and oxygen atoms in total. The molecule has 2 N–H and O–H groups in total. The van der Waals surface area contributed by atoms with E-state index in [1.807, 2.05) is 27.7 Å². The van der Waals surface area contributed by atoms with Crippen molar-refractivity contribution in [2.24, 2.45) is 11.1 Å². The molecule has 0 aliphatic carbocycles. The van der Waals surface area contributed by atoms with E-state index in [0.29, 0.717) is 25.8 Å². The summed E-state index contributed by atoms with van der Waals surface area (Å²) in [6.45, 7) is 7.91. The number of hydrogen-bond donors (Lipinski definition) is 1. The first kappa shape index (κ1) is 13.2. The number of likely N-dealkylation sites (tertiary alicyclic amines) is 1. The largest absolute Gasteiger partial charge is 0.328 e. The van der Waals surface area contributed by atoms with Crippen molar-refractivity contribution in [3.8, 4) is 0 Å². The van der Waals surface area contributed by atoms with Crippen molar-refractivity contribution in [2.75, 3.05) is 6.54 Å². The molecule has 92 valence electrons. The summed E-state index contributed by atoms with van der Waals surface area (Å²) < 4.78 is 0. The standard InChI is InChI=1S/C12H22N2O2/c1-5-12(6-2)7-9(15)14(10(12)16)11(3,4)8-13/h5-8,13H2,1-4H3. The molecular formula is C12H22N2O2. The predicted molar refractivity (Wildman–Crippen MR) is 62.6 cm³/mol. The molecule has 0 atom stereocenters. The van der Waals surface area contributed by atoms with Gasteiger partial charge in [-0.05, 0) is 26.7 Å². The first-order chi connectivity index (χ1) is 7.34. The highest BCUT2D eigenvalue weighted by molar-refractivity contribution is 6.06. The van der Waals surface area contributed by atoms with E-state index < -0.39 is 11.0 Å². The number of rotatable bonds is 4. The molecule has 4 heteroatoms. The Morgan fingerprint density at radius 2 is 1.81 bits per heavy atom. The van der Waals surface area contributed by atoms with Gasteiger partial charge in [0.2, 0.25) is 11.8 Å². The van der Waals surface area contributed by atoms with Gasteiger partial charge in [-0.15, -0.1) is 0 Å². The zero-order chi connectivity index (χ0) is 12.6. The van der Waals surface area contributed by atoms with E-state index in [4.69, 9.17) is 5.73 Å². The van der Waals surface area contributed by atoms with Crippen molar-refractivity contribution >= 4 is 11.8 Å². The highest BCUT2D eigenvalue weighted by Gasteiger charge is 2.53. The Bertz CT molecular complexity index is 306. The van der Waals surface area contributed by atoms with Gasteiger partial charge in [0.25, 0.3) is 0 Å². The summed E-state index contributed by atoms with van der Waals surface area (Å²) in [5.74, 6) is -0.123. The molecule has 1 heterocycles. The third-order valence-corrected chi connectivity index (χ3v) is 3.85. The van der Waals surface area contributed by atoms with E-state index in [1.165, 1.54) is 4.90 Å². The highest BCUT2D eigenvalue weighted by Crippen LogP contribution is 2.41. The van der Waals surface area contributed by atoms with Crippen molar-refractivity contribution in [3.63, 3.8) is 0 Å². The summed E-state index contributed by atoms with van der Waals surface area (Å²) in [7, 11) is 0. The minimum Gasteiger partial charge on any atom is -0.328 e. The summed E-state index contributed by atoms with van der Waals surface area (Å²) in [6.07, 6.45) is 1.76. The molecule has 1 fully saturated rings. The quantitative estimate of drug-likeness (QED) is 0.735. The minimum absolute atomic E-state index is 0.0436. The summed E-state index contributed by atoms with van der Waals surface area (Å²) in [4.78, 5) is 25.7. The Kier molecular flexibility index (Phi) is 3.43. The Morgan fingerprint density at radius 3 is 2.12 bits per heavy atom. The number of nitrogens with two attached hydrogens (primary N) is 1. The van der Waals surface area contributed by atoms with Gasteiger partial charge in [-0.1, -0.05) is 13.8 Å². The van der Waals surface area contributed by atoms with Crippen LogP contribution in [-0.4, -0.2) is 28.8 Å². The minimum atomic E-state index is -0.569. The molecule has 0 aromatic rings. The summed E-state index contributed by atoms with van der Waals surface area (Å²) >= 11 is 0. The first-order valence-electron chi connectivity index (χ1n) is 5.92. The lowest BCUT2D eigenvalue weighted by molar-refractivity contribution is -0.147. The Labute approximate surface area is 97.2 Å². The van der Waals surface area contributed by atoms with Crippen molar-refractivity contribution in [3.05, 3.63) is 0 Å². The van der Waals surface area contributed by atoms with Crippen LogP contribution in [0.25, 0.3) is 0 Å². The van der Waals surface area contributed by atoms with Crippen LogP contribution in [0.2, 0.25) is 0 Å². The highest BCUT2D eigenvalue weighted by atomic mass is 16.2. The SMILES string of the molecule is CCC1(CC)CC(=O)N(C(C)(C)CN)C1=O. The van der Waals surface area contributed by atoms with Crippen molar-refractivity contribution in [1.82, 2.24) is 4.90 Å². The van der Waals surface area contributed by atoms with Crippen molar-refractivity contribution in [1.29, 1.82) is 0 Å². The van der Waals surface area contributed by atoms with Crippen LogP contribution in [0.15, 0.2) is 0 Å². The molecule has 0 aromatic heterocycles. The fourth-order valence-electron chi connectivity index (χ4n) is 2.30. The van der Waals surface area contributed by atoms with Crippen LogP contribution >= 0.6 is 0 Å². The van der Waals surface area contributed by atoms with Gasteiger partial charge in [0.1, 0.15) is 0 Å². The van der Waals surface area contributed by atoms with E-state index in [1.54, 1.807) is 0 Å². The van der Waals surface area contributed by atoms with E-state index in [-0.39, 0.29) is 11.8 Å². The maximum atomic E-state index is 12.4. The molecule has 0 radical (unpaired) electrons. The lowest BCUT2D eigenvalue weighted by atomic mass is 9.80. The van der Waals surface area contributed by atoms with Crippen LogP contribution in [0.4, 0.5) is 0 Å². The Hall–Kier alpha value is -0.900. The number of nitrogens with zero attached hydrogens (tertiary/aromatic N) is 1. The van der Waals surface area contributed by atoms with Gasteiger partial charge in [0.05, 0.1) is 11.0 Å². The number of amides is 2. The van der Waals surface area contributed by atoms with Crippen LogP contribution in [0, 0.1) is 5.41 Å². The Balaban J connectivity index is 3.09. The average Bonchev–Trinajstić information content (AvgIpc) is 2.51. The topological polar surface area (TPSA) is 63.4 Å². The maximum absolute atomic E-state index is 12.4. The van der Waals surface area contributed by atoms with E-state index in [2.05, 4.69) is 0 Å². The van der Waals surface area contributed by atoms with Crippen LogP contribution < -0.4 is 5.73 Å². The fourth-order valence-corrected chi connectivity index (χ4v) is 2.30. The summed E-state index contributed by atoms with van der Waals surface area (Å²) in [5, 5.41) is 0. The van der Waals surface area contributed by atoms with Crippen LogP contribution in [0.5, 0.6) is 0 Å². The van der Waals surface area contributed by atoms with E-state index >= 15 is 0 Å². The lowest BCUT2D eigenvalue weighted by Crippen LogP contribution is -2.53. The van der Waals surface area contributed by atoms with Crippen LogP contribution in [0.3, 0.4) is 0 Å². The Morgan fingerprint density at radius 1 is 1.31 bits per heavy atom. The number of hydrogen-bond acceptors (Lipinski definition) is 3. The van der Waals surface area contributed by atoms with Gasteiger partial charge in [-0.25, -0.2) is 0 Å². The number of imide groups is 1. The molecular weight excluding hydrogens is 204 g/mol. The second-order valence-electron chi connectivity index (χ2n) is 5.22. The average molecular weight is 226 g/mol. The van der Waals surface area contributed by atoms with Gasteiger partial charge in [-0.2, -0.15) is 0 Å². The van der Waals surface area contributed by atoms with Gasteiger partial charge >= 0.3 is 0 Å². The monoisotopic (exact) mass is 226 g/mol. The normalized spacial score (nSPS) is 20.7.